The van der Waals surface area contributed by atoms with Gasteiger partial charge in [0, 0.05) is 31.0 Å². The number of carbonyl (C=O) groups excluding carboxylic acids is 2. The number of carbonyl (C=O) groups is 2. The van der Waals surface area contributed by atoms with E-state index in [1.807, 2.05) is 42.0 Å². The van der Waals surface area contributed by atoms with Gasteiger partial charge in [-0.3, -0.25) is 9.59 Å². The number of aliphatic hydroxyl groups excluding tert-OH is 1. The number of aryl methyl sites for hydroxylation is 1. The van der Waals surface area contributed by atoms with Gasteiger partial charge in [-0.1, -0.05) is 19.1 Å². The van der Waals surface area contributed by atoms with Gasteiger partial charge in [-0.2, -0.15) is 0 Å². The number of aromatic nitrogens is 2. The van der Waals surface area contributed by atoms with Gasteiger partial charge in [0.15, 0.2) is 0 Å². The van der Waals surface area contributed by atoms with Crippen LogP contribution in [0.1, 0.15) is 36.9 Å². The summed E-state index contributed by atoms with van der Waals surface area (Å²) in [6.45, 7) is 3.63. The number of imidazole rings is 1. The minimum absolute atomic E-state index is 0.0741. The van der Waals surface area contributed by atoms with Crippen molar-refractivity contribution < 1.29 is 24.2 Å². The fourth-order valence-corrected chi connectivity index (χ4v) is 4.17. The summed E-state index contributed by atoms with van der Waals surface area (Å²) in [5.74, 6) is -0.192. The van der Waals surface area contributed by atoms with Gasteiger partial charge in [0.1, 0.15) is 17.3 Å². The Bertz CT molecular complexity index is 1180. The van der Waals surface area contributed by atoms with Gasteiger partial charge in [0.2, 0.25) is 0 Å². The first-order valence-corrected chi connectivity index (χ1v) is 11.6. The third-order valence-electron chi connectivity index (χ3n) is 5.95. The van der Waals surface area contributed by atoms with Gasteiger partial charge in [0.25, 0.3) is 11.7 Å². The van der Waals surface area contributed by atoms with Crippen LogP contribution in [-0.2, 0) is 16.1 Å². The summed E-state index contributed by atoms with van der Waals surface area (Å²) in [5.41, 5.74) is 1.24. The molecule has 35 heavy (non-hydrogen) atoms. The highest BCUT2D eigenvalue weighted by molar-refractivity contribution is 6.46. The smallest absolute Gasteiger partial charge is 0.295 e. The number of aliphatic hydroxyl groups is 1. The van der Waals surface area contributed by atoms with E-state index in [9.17, 15) is 14.7 Å². The summed E-state index contributed by atoms with van der Waals surface area (Å²) in [7, 11) is 1.55. The minimum atomic E-state index is -0.708. The Balaban J connectivity index is 1.69. The molecule has 4 rings (SSSR count). The fraction of sp³-hybridized carbons (Fsp3) is 0.296. The molecule has 182 valence electrons. The lowest BCUT2D eigenvalue weighted by Crippen LogP contribution is -2.31. The molecule has 1 saturated heterocycles. The SMILES string of the molecule is CCCOc1ccc([C@H]2/C(=C(\O)c3ccc(OC)cc3)C(=O)C(=O)N2CCCn2ccnc2)cc1. The molecule has 8 nitrogen and oxygen atoms in total. The number of benzene rings is 2. The van der Waals surface area contributed by atoms with Crippen molar-refractivity contribution in [3.05, 3.63) is 84.0 Å². The number of ketones is 1. The van der Waals surface area contributed by atoms with Crippen LogP contribution in [0, 0.1) is 0 Å². The van der Waals surface area contributed by atoms with Gasteiger partial charge in [-0.15, -0.1) is 0 Å². The summed E-state index contributed by atoms with van der Waals surface area (Å²) in [5, 5.41) is 11.2. The van der Waals surface area contributed by atoms with Crippen molar-refractivity contribution in [2.24, 2.45) is 0 Å². The van der Waals surface area contributed by atoms with Crippen LogP contribution in [-0.4, -0.2) is 51.5 Å². The van der Waals surface area contributed by atoms with Gasteiger partial charge >= 0.3 is 0 Å². The standard InChI is InChI=1S/C27H29N3O5/c1-3-17-35-22-11-5-19(6-12-22)24-23(25(31)20-7-9-21(34-2)10-8-20)26(32)27(33)30(24)15-4-14-29-16-13-28-18-29/h5-13,16,18,24,31H,3-4,14-15,17H2,1-2H3/b25-23+/t24-/m0/s1. The zero-order valence-corrected chi connectivity index (χ0v) is 19.9. The van der Waals surface area contributed by atoms with Gasteiger partial charge in [0.05, 0.1) is 31.7 Å². The Labute approximate surface area is 204 Å². The van der Waals surface area contributed by atoms with E-state index in [1.54, 1.807) is 43.9 Å². The molecule has 1 aliphatic rings. The molecular weight excluding hydrogens is 446 g/mol. The van der Waals surface area contributed by atoms with Crippen LogP contribution in [0.3, 0.4) is 0 Å². The molecular formula is C27H29N3O5. The second kappa shape index (κ2) is 10.9. The number of likely N-dealkylation sites (tertiary alicyclic amines) is 1. The highest BCUT2D eigenvalue weighted by Crippen LogP contribution is 2.40. The van der Waals surface area contributed by atoms with Crippen LogP contribution >= 0.6 is 0 Å². The Morgan fingerprint density at radius 3 is 2.37 bits per heavy atom. The number of rotatable bonds is 10. The molecule has 1 aliphatic heterocycles. The first-order valence-electron chi connectivity index (χ1n) is 11.6. The number of hydrogen-bond acceptors (Lipinski definition) is 6. The highest BCUT2D eigenvalue weighted by Gasteiger charge is 2.45. The number of ether oxygens (including phenoxy) is 2. The van der Waals surface area contributed by atoms with Crippen molar-refractivity contribution in [2.75, 3.05) is 20.3 Å². The number of methoxy groups -OCH3 is 1. The molecule has 3 aromatic rings. The molecule has 2 aromatic carbocycles. The molecule has 0 spiro atoms. The lowest BCUT2D eigenvalue weighted by Gasteiger charge is -2.25. The molecule has 8 heteroatoms. The Hall–Kier alpha value is -4.07. The van der Waals surface area contributed by atoms with Crippen molar-refractivity contribution in [1.82, 2.24) is 14.5 Å². The number of Topliss-reactive ketones (excluding diaryl/α,β-unsaturated/α-hetero) is 1. The first-order chi connectivity index (χ1) is 17.0. The zero-order valence-electron chi connectivity index (χ0n) is 19.9. The van der Waals surface area contributed by atoms with Gasteiger partial charge in [-0.25, -0.2) is 4.98 Å². The van der Waals surface area contributed by atoms with E-state index in [4.69, 9.17) is 9.47 Å². The lowest BCUT2D eigenvalue weighted by atomic mass is 9.95. The van der Waals surface area contributed by atoms with E-state index in [-0.39, 0.29) is 11.3 Å². The van der Waals surface area contributed by atoms with Crippen LogP contribution in [0.5, 0.6) is 11.5 Å². The van der Waals surface area contributed by atoms with Crippen molar-refractivity contribution in [2.45, 2.75) is 32.4 Å². The van der Waals surface area contributed by atoms with E-state index in [0.29, 0.717) is 43.2 Å². The largest absolute Gasteiger partial charge is 0.507 e. The maximum atomic E-state index is 13.2. The molecule has 0 radical (unpaired) electrons. The lowest BCUT2D eigenvalue weighted by molar-refractivity contribution is -0.139. The number of nitrogens with zero attached hydrogens (tertiary/aromatic N) is 3. The van der Waals surface area contributed by atoms with E-state index < -0.39 is 17.7 Å². The molecule has 0 bridgehead atoms. The predicted octanol–water partition coefficient (Wildman–Crippen LogP) is 4.19. The highest BCUT2D eigenvalue weighted by atomic mass is 16.5. The summed E-state index contributed by atoms with van der Waals surface area (Å²) < 4.78 is 12.8. The van der Waals surface area contributed by atoms with E-state index in [2.05, 4.69) is 4.98 Å². The maximum absolute atomic E-state index is 13.2. The van der Waals surface area contributed by atoms with Crippen LogP contribution < -0.4 is 9.47 Å². The molecule has 1 aromatic heterocycles. The zero-order chi connectivity index (χ0) is 24.8. The van der Waals surface area contributed by atoms with Crippen LogP contribution in [0.25, 0.3) is 5.76 Å². The van der Waals surface area contributed by atoms with Gasteiger partial charge in [-0.05, 0) is 54.8 Å². The number of hydrogen-bond donors (Lipinski definition) is 1. The van der Waals surface area contributed by atoms with Crippen LogP contribution in [0.15, 0.2) is 72.8 Å². The van der Waals surface area contributed by atoms with Crippen LogP contribution in [0.2, 0.25) is 0 Å². The molecule has 1 atom stereocenters. The monoisotopic (exact) mass is 475 g/mol. The van der Waals surface area contributed by atoms with E-state index >= 15 is 0 Å². The van der Waals surface area contributed by atoms with Crippen molar-refractivity contribution in [3.63, 3.8) is 0 Å². The third kappa shape index (κ3) is 5.21. The minimum Gasteiger partial charge on any atom is -0.507 e. The summed E-state index contributed by atoms with van der Waals surface area (Å²) in [6.07, 6.45) is 6.78. The topological polar surface area (TPSA) is 93.9 Å². The molecule has 1 fully saturated rings. The van der Waals surface area contributed by atoms with Crippen LogP contribution in [0.4, 0.5) is 0 Å². The summed E-state index contributed by atoms with van der Waals surface area (Å²) >= 11 is 0. The predicted molar refractivity (Wildman–Crippen MR) is 131 cm³/mol. The Morgan fingerprint density at radius 1 is 1.03 bits per heavy atom. The van der Waals surface area contributed by atoms with Crippen molar-refractivity contribution in [1.29, 1.82) is 0 Å². The molecule has 0 unspecified atom stereocenters. The Kier molecular flexibility index (Phi) is 7.50. The fourth-order valence-electron chi connectivity index (χ4n) is 4.17. The quantitative estimate of drug-likeness (QED) is 0.268. The Morgan fingerprint density at radius 2 is 1.74 bits per heavy atom. The summed E-state index contributed by atoms with van der Waals surface area (Å²) in [6, 6.07) is 13.3. The van der Waals surface area contributed by atoms with E-state index in [0.717, 1.165) is 12.0 Å². The maximum Gasteiger partial charge on any atom is 0.295 e. The average molecular weight is 476 g/mol. The van der Waals surface area contributed by atoms with Gasteiger partial charge < -0.3 is 24.0 Å². The van der Waals surface area contributed by atoms with Crippen molar-refractivity contribution >= 4 is 17.4 Å². The summed E-state index contributed by atoms with van der Waals surface area (Å²) in [4.78, 5) is 31.8. The molecule has 0 aliphatic carbocycles. The number of amides is 1. The third-order valence-corrected chi connectivity index (χ3v) is 5.95. The first kappa shape index (κ1) is 24.1. The van der Waals surface area contributed by atoms with E-state index in [1.165, 1.54) is 4.90 Å². The van der Waals surface area contributed by atoms with Crippen molar-refractivity contribution in [3.8, 4) is 11.5 Å². The second-order valence-corrected chi connectivity index (χ2v) is 8.29. The molecule has 1 N–H and O–H groups in total. The molecule has 2 heterocycles. The second-order valence-electron chi connectivity index (χ2n) is 8.29. The average Bonchev–Trinajstić information content (AvgIpc) is 3.50. The molecule has 0 saturated carbocycles. The molecule has 1 amide bonds. The normalized spacial score (nSPS) is 17.1.